The minimum absolute atomic E-state index is 0.0479. The quantitative estimate of drug-likeness (QED) is 0.639. The van der Waals surface area contributed by atoms with Gasteiger partial charge in [-0.2, -0.15) is 0 Å². The molecule has 0 spiro atoms. The average molecular weight is 266 g/mol. The number of anilines is 2. The van der Waals surface area contributed by atoms with Crippen molar-refractivity contribution in [2.45, 2.75) is 38.1 Å². The van der Waals surface area contributed by atoms with Crippen LogP contribution in [-0.2, 0) is 4.79 Å². The smallest absolute Gasteiger partial charge is 0.326 e. The maximum atomic E-state index is 11.4. The third-order valence-electron chi connectivity index (χ3n) is 3.57. The Kier molecular flexibility index (Phi) is 4.03. The second kappa shape index (κ2) is 5.73. The summed E-state index contributed by atoms with van der Waals surface area (Å²) in [6.07, 6.45) is 6.16. The number of carboxylic acids is 1. The highest BCUT2D eigenvalue weighted by molar-refractivity contribution is 5.78. The summed E-state index contributed by atoms with van der Waals surface area (Å²) in [5, 5.41) is 12.1. The summed E-state index contributed by atoms with van der Waals surface area (Å²) in [4.78, 5) is 29.0. The molecular formula is C12H18N4O3. The van der Waals surface area contributed by atoms with Crippen molar-refractivity contribution in [2.24, 2.45) is 5.92 Å². The van der Waals surface area contributed by atoms with E-state index in [-0.39, 0.29) is 17.4 Å². The highest BCUT2D eigenvalue weighted by atomic mass is 16.4. The average Bonchev–Trinajstić information content (AvgIpc) is 2.41. The highest BCUT2D eigenvalue weighted by Gasteiger charge is 2.30. The van der Waals surface area contributed by atoms with Crippen molar-refractivity contribution in [3.05, 3.63) is 16.7 Å². The monoisotopic (exact) mass is 266 g/mol. The lowest BCUT2D eigenvalue weighted by atomic mass is 9.84. The van der Waals surface area contributed by atoms with Crippen LogP contribution in [0.5, 0.6) is 0 Å². The lowest BCUT2D eigenvalue weighted by Crippen LogP contribution is -2.39. The Hall–Kier alpha value is -2.05. The number of aromatic nitrogens is 2. The molecule has 1 aromatic rings. The second-order valence-corrected chi connectivity index (χ2v) is 4.85. The summed E-state index contributed by atoms with van der Waals surface area (Å²) in [5.41, 5.74) is 5.05. The highest BCUT2D eigenvalue weighted by Crippen LogP contribution is 2.28. The first-order valence-electron chi connectivity index (χ1n) is 6.42. The Morgan fingerprint density at radius 2 is 2.16 bits per heavy atom. The number of aromatic amines is 1. The number of nitrogens with two attached hydrogens (primary N) is 1. The number of rotatable bonds is 4. The number of carbonyl (C=O) groups is 1. The summed E-state index contributed by atoms with van der Waals surface area (Å²) in [7, 11) is 0. The molecule has 0 aromatic carbocycles. The van der Waals surface area contributed by atoms with Gasteiger partial charge in [0, 0.05) is 0 Å². The van der Waals surface area contributed by atoms with Gasteiger partial charge in [0.2, 0.25) is 0 Å². The maximum Gasteiger partial charge on any atom is 0.326 e. The molecule has 19 heavy (non-hydrogen) atoms. The van der Waals surface area contributed by atoms with Gasteiger partial charge in [-0.05, 0) is 18.8 Å². The standard InChI is InChI=1S/C12H18N4O3/c13-8-10(14-6-15-11(8)17)16-9(12(18)19)7-4-2-1-3-5-7/h6-7,9H,1-5,13H2,(H,18,19)(H2,14,15,16,17). The van der Waals surface area contributed by atoms with Gasteiger partial charge >= 0.3 is 5.97 Å². The molecule has 1 heterocycles. The van der Waals surface area contributed by atoms with Crippen LogP contribution in [0.1, 0.15) is 32.1 Å². The van der Waals surface area contributed by atoms with E-state index in [0.717, 1.165) is 32.1 Å². The van der Waals surface area contributed by atoms with Gasteiger partial charge in [-0.25, -0.2) is 9.78 Å². The van der Waals surface area contributed by atoms with Gasteiger partial charge in [-0.1, -0.05) is 19.3 Å². The van der Waals surface area contributed by atoms with Crippen molar-refractivity contribution in [1.29, 1.82) is 0 Å². The first-order chi connectivity index (χ1) is 9.09. The number of H-pyrrole nitrogens is 1. The van der Waals surface area contributed by atoms with E-state index in [9.17, 15) is 14.7 Å². The van der Waals surface area contributed by atoms with Crippen molar-refractivity contribution in [2.75, 3.05) is 11.1 Å². The van der Waals surface area contributed by atoms with Gasteiger partial charge in [0.25, 0.3) is 5.56 Å². The van der Waals surface area contributed by atoms with Gasteiger partial charge in [0.15, 0.2) is 5.82 Å². The lowest BCUT2D eigenvalue weighted by Gasteiger charge is -2.28. The fourth-order valence-electron chi connectivity index (χ4n) is 2.52. The van der Waals surface area contributed by atoms with Crippen molar-refractivity contribution in [3.8, 4) is 0 Å². The Labute approximate surface area is 110 Å². The Morgan fingerprint density at radius 3 is 2.79 bits per heavy atom. The molecule has 0 aliphatic heterocycles. The van der Waals surface area contributed by atoms with E-state index in [0.29, 0.717) is 0 Å². The molecule has 2 rings (SSSR count). The molecule has 1 atom stereocenters. The molecule has 1 aliphatic rings. The van der Waals surface area contributed by atoms with Crippen molar-refractivity contribution < 1.29 is 9.90 Å². The molecular weight excluding hydrogens is 248 g/mol. The molecule has 1 aromatic heterocycles. The minimum atomic E-state index is -0.937. The predicted molar refractivity (Wildman–Crippen MR) is 70.9 cm³/mol. The van der Waals surface area contributed by atoms with Gasteiger partial charge in [0.05, 0.1) is 6.33 Å². The van der Waals surface area contributed by atoms with Crippen LogP contribution < -0.4 is 16.6 Å². The Bertz CT molecular complexity index is 508. The molecule has 1 fully saturated rings. The van der Waals surface area contributed by atoms with Gasteiger partial charge in [0.1, 0.15) is 11.7 Å². The summed E-state index contributed by atoms with van der Waals surface area (Å²) in [6, 6.07) is -0.753. The first kappa shape index (κ1) is 13.4. The zero-order chi connectivity index (χ0) is 13.8. The van der Waals surface area contributed by atoms with Crippen LogP contribution in [-0.4, -0.2) is 27.1 Å². The SMILES string of the molecule is Nc1c(NC(C(=O)O)C2CCCCC2)nc[nH]c1=O. The fraction of sp³-hybridized carbons (Fsp3) is 0.583. The maximum absolute atomic E-state index is 11.4. The van der Waals surface area contributed by atoms with Crippen LogP contribution >= 0.6 is 0 Å². The first-order valence-corrected chi connectivity index (χ1v) is 6.42. The number of carboxylic acid groups (broad SMARTS) is 1. The van der Waals surface area contributed by atoms with Crippen LogP contribution in [0, 0.1) is 5.92 Å². The summed E-state index contributed by atoms with van der Waals surface area (Å²) >= 11 is 0. The van der Waals surface area contributed by atoms with Crippen LogP contribution in [0.4, 0.5) is 11.5 Å². The van der Waals surface area contributed by atoms with Crippen LogP contribution in [0.2, 0.25) is 0 Å². The van der Waals surface area contributed by atoms with Gasteiger partial charge in [-0.15, -0.1) is 0 Å². The third-order valence-corrected chi connectivity index (χ3v) is 3.57. The number of nitrogen functional groups attached to an aromatic ring is 1. The summed E-state index contributed by atoms with van der Waals surface area (Å²) in [5.74, 6) is -0.748. The molecule has 7 nitrogen and oxygen atoms in total. The number of nitrogens with zero attached hydrogens (tertiary/aromatic N) is 1. The largest absolute Gasteiger partial charge is 0.480 e. The summed E-state index contributed by atoms with van der Waals surface area (Å²) in [6.45, 7) is 0. The molecule has 1 saturated carbocycles. The minimum Gasteiger partial charge on any atom is -0.480 e. The zero-order valence-corrected chi connectivity index (χ0v) is 10.6. The van der Waals surface area contributed by atoms with Crippen LogP contribution in [0.25, 0.3) is 0 Å². The van der Waals surface area contributed by atoms with E-state index in [1.807, 2.05) is 0 Å². The molecule has 0 amide bonds. The van der Waals surface area contributed by atoms with Crippen molar-refractivity contribution in [1.82, 2.24) is 9.97 Å². The fourth-order valence-corrected chi connectivity index (χ4v) is 2.52. The van der Waals surface area contributed by atoms with Gasteiger partial charge < -0.3 is 21.1 Å². The van der Waals surface area contributed by atoms with E-state index in [2.05, 4.69) is 15.3 Å². The third kappa shape index (κ3) is 3.04. The van der Waals surface area contributed by atoms with E-state index in [1.165, 1.54) is 6.33 Å². The van der Waals surface area contributed by atoms with E-state index >= 15 is 0 Å². The van der Waals surface area contributed by atoms with Crippen molar-refractivity contribution >= 4 is 17.5 Å². The summed E-state index contributed by atoms with van der Waals surface area (Å²) < 4.78 is 0. The predicted octanol–water partition coefficient (Wildman–Crippen LogP) is 0.797. The zero-order valence-electron chi connectivity index (χ0n) is 10.6. The Morgan fingerprint density at radius 1 is 1.47 bits per heavy atom. The molecule has 104 valence electrons. The lowest BCUT2D eigenvalue weighted by molar-refractivity contribution is -0.139. The number of aliphatic carboxylic acids is 1. The van der Waals surface area contributed by atoms with Crippen molar-refractivity contribution in [3.63, 3.8) is 0 Å². The molecule has 0 bridgehead atoms. The molecule has 1 aliphatic carbocycles. The molecule has 1 unspecified atom stereocenters. The number of nitrogens with one attached hydrogen (secondary N) is 2. The topological polar surface area (TPSA) is 121 Å². The van der Waals surface area contributed by atoms with Crippen LogP contribution in [0.15, 0.2) is 11.1 Å². The van der Waals surface area contributed by atoms with E-state index in [4.69, 9.17) is 5.73 Å². The Balaban J connectivity index is 2.18. The molecule has 0 radical (unpaired) electrons. The van der Waals surface area contributed by atoms with Crippen LogP contribution in [0.3, 0.4) is 0 Å². The van der Waals surface area contributed by atoms with E-state index in [1.54, 1.807) is 0 Å². The normalized spacial score (nSPS) is 17.9. The molecule has 0 saturated heterocycles. The second-order valence-electron chi connectivity index (χ2n) is 4.85. The number of hydrogen-bond acceptors (Lipinski definition) is 5. The molecule has 5 N–H and O–H groups in total. The molecule has 7 heteroatoms. The van der Waals surface area contributed by atoms with E-state index < -0.39 is 17.6 Å². The van der Waals surface area contributed by atoms with Gasteiger partial charge in [-0.3, -0.25) is 4.79 Å². The number of hydrogen-bond donors (Lipinski definition) is 4.